The second-order valence-corrected chi connectivity index (χ2v) is 12.3. The largest absolute Gasteiger partial charge is 0.481 e. The van der Waals surface area contributed by atoms with Crippen molar-refractivity contribution in [2.45, 2.75) is 31.7 Å². The molecule has 13 nitrogen and oxygen atoms in total. The van der Waals surface area contributed by atoms with E-state index in [9.17, 15) is 14.4 Å². The number of aryl methyl sites for hydroxylation is 2. The Kier molecular flexibility index (Phi) is 7.73. The third kappa shape index (κ3) is 5.21. The highest BCUT2D eigenvalue weighted by Crippen LogP contribution is 2.47. The average Bonchev–Trinajstić information content (AvgIpc) is 3.73. The van der Waals surface area contributed by atoms with Gasteiger partial charge in [-0.25, -0.2) is 9.78 Å². The first-order valence-electron chi connectivity index (χ1n) is 15.2. The number of carbonyl (C=O) groups is 1. The Bertz CT molecular complexity index is 2150. The van der Waals surface area contributed by atoms with E-state index in [2.05, 4.69) is 36.9 Å². The van der Waals surface area contributed by atoms with Gasteiger partial charge in [-0.1, -0.05) is 47.1 Å². The number of amides is 1. The number of hydrogen-bond donors (Lipinski definition) is 2. The number of nitrogens with one attached hydrogen (secondary N) is 2. The number of nitrogens with zero attached hydrogens (tertiary/aromatic N) is 7. The third-order valence-corrected chi connectivity index (χ3v) is 9.65. The molecule has 7 rings (SSSR count). The van der Waals surface area contributed by atoms with E-state index in [1.54, 1.807) is 13.2 Å². The average molecular weight is 654 g/mol. The summed E-state index contributed by atoms with van der Waals surface area (Å²) in [5.74, 6) is 0.981. The Morgan fingerprint density at radius 3 is 2.57 bits per heavy atom. The van der Waals surface area contributed by atoms with Crippen LogP contribution in [0.4, 0.5) is 5.69 Å². The number of halogens is 1. The molecule has 4 heterocycles. The summed E-state index contributed by atoms with van der Waals surface area (Å²) in [6, 6.07) is 13.6. The van der Waals surface area contributed by atoms with Gasteiger partial charge < -0.3 is 14.6 Å². The lowest BCUT2D eigenvalue weighted by molar-refractivity contribution is 0.0860. The van der Waals surface area contributed by atoms with Crippen LogP contribution in [-0.2, 0) is 20.5 Å². The second kappa shape index (κ2) is 11.9. The van der Waals surface area contributed by atoms with Crippen LogP contribution in [0.5, 0.6) is 5.88 Å². The third-order valence-electron chi connectivity index (χ3n) is 9.24. The number of ether oxygens (including phenoxy) is 1. The molecule has 47 heavy (non-hydrogen) atoms. The highest BCUT2D eigenvalue weighted by Gasteiger charge is 2.40. The summed E-state index contributed by atoms with van der Waals surface area (Å²) in [6.45, 7) is 3.58. The van der Waals surface area contributed by atoms with Crippen molar-refractivity contribution in [3.8, 4) is 28.3 Å². The summed E-state index contributed by atoms with van der Waals surface area (Å²) >= 11 is 7.12. The number of H-pyrrole nitrogens is 1. The topological polar surface area (TPSA) is 153 Å². The number of likely N-dealkylation sites (tertiary alicyclic amines) is 1. The molecule has 2 N–H and O–H groups in total. The first kappa shape index (κ1) is 30.5. The van der Waals surface area contributed by atoms with Crippen molar-refractivity contribution in [2.75, 3.05) is 25.5 Å². The number of benzene rings is 2. The maximum Gasteiger partial charge on any atom is 0.330 e. The predicted octanol–water partition coefficient (Wildman–Crippen LogP) is 3.64. The first-order valence-corrected chi connectivity index (χ1v) is 15.6. The Morgan fingerprint density at radius 2 is 1.83 bits per heavy atom. The van der Waals surface area contributed by atoms with E-state index < -0.39 is 17.2 Å². The van der Waals surface area contributed by atoms with E-state index in [0.717, 1.165) is 64.1 Å². The molecule has 1 aliphatic heterocycles. The van der Waals surface area contributed by atoms with Gasteiger partial charge in [0.05, 0.1) is 17.8 Å². The van der Waals surface area contributed by atoms with E-state index >= 15 is 0 Å². The molecule has 0 saturated carbocycles. The molecular formula is C33H32ClN9O4. The summed E-state index contributed by atoms with van der Waals surface area (Å²) < 4.78 is 7.96. The predicted molar refractivity (Wildman–Crippen MR) is 176 cm³/mol. The number of carbonyl (C=O) groups excluding carboxylic acids is 1. The van der Waals surface area contributed by atoms with Gasteiger partial charge in [-0.2, -0.15) is 5.21 Å². The van der Waals surface area contributed by atoms with Gasteiger partial charge in [-0.05, 0) is 48.6 Å². The van der Waals surface area contributed by atoms with Crippen LogP contribution in [0.25, 0.3) is 22.4 Å². The number of pyridine rings is 1. The Labute approximate surface area is 274 Å². The molecular weight excluding hydrogens is 622 g/mol. The molecule has 1 amide bonds. The summed E-state index contributed by atoms with van der Waals surface area (Å²) in [4.78, 5) is 45.3. The van der Waals surface area contributed by atoms with Crippen LogP contribution in [0, 0.1) is 6.92 Å². The molecule has 0 radical (unpaired) electrons. The van der Waals surface area contributed by atoms with Crippen LogP contribution >= 0.6 is 11.6 Å². The molecule has 1 aliphatic carbocycles. The van der Waals surface area contributed by atoms with Gasteiger partial charge in [0.15, 0.2) is 5.82 Å². The van der Waals surface area contributed by atoms with Gasteiger partial charge in [-0.15, -0.1) is 10.2 Å². The fourth-order valence-corrected chi connectivity index (χ4v) is 6.99. The number of fused-ring (bicyclic) bond motifs is 1. The zero-order chi connectivity index (χ0) is 33.0. The van der Waals surface area contributed by atoms with E-state index in [1.165, 1.54) is 30.4 Å². The van der Waals surface area contributed by atoms with Crippen molar-refractivity contribution in [3.05, 3.63) is 103 Å². The normalized spacial score (nSPS) is 16.1. The van der Waals surface area contributed by atoms with Gasteiger partial charge in [0.2, 0.25) is 5.88 Å². The van der Waals surface area contributed by atoms with Crippen molar-refractivity contribution >= 4 is 23.2 Å². The van der Waals surface area contributed by atoms with Crippen LogP contribution in [0.15, 0.2) is 58.3 Å². The van der Waals surface area contributed by atoms with E-state index in [1.807, 2.05) is 37.3 Å². The van der Waals surface area contributed by atoms with Crippen molar-refractivity contribution in [1.29, 1.82) is 0 Å². The lowest BCUT2D eigenvalue weighted by Crippen LogP contribution is -2.46. The maximum absolute atomic E-state index is 13.2. The van der Waals surface area contributed by atoms with Crippen LogP contribution in [-0.4, -0.2) is 65.7 Å². The lowest BCUT2D eigenvalue weighted by Gasteiger charge is -2.42. The molecule has 2 aliphatic rings. The lowest BCUT2D eigenvalue weighted by atomic mass is 9.94. The Balaban J connectivity index is 1.18. The fourth-order valence-electron chi connectivity index (χ4n) is 6.67. The molecule has 2 aromatic carbocycles. The number of aromatic amines is 1. The minimum Gasteiger partial charge on any atom is -0.481 e. The Hall–Kier alpha value is -5.14. The van der Waals surface area contributed by atoms with Crippen molar-refractivity contribution in [1.82, 2.24) is 39.6 Å². The van der Waals surface area contributed by atoms with Gasteiger partial charge in [0.1, 0.15) is 5.56 Å². The summed E-state index contributed by atoms with van der Waals surface area (Å²) in [7, 11) is 4.47. The van der Waals surface area contributed by atoms with Crippen LogP contribution in [0.2, 0.25) is 5.02 Å². The van der Waals surface area contributed by atoms with Crippen molar-refractivity contribution in [2.24, 2.45) is 14.1 Å². The number of hydrogen-bond acceptors (Lipinski definition) is 9. The van der Waals surface area contributed by atoms with Gasteiger partial charge in [-0.3, -0.25) is 19.1 Å². The number of tetrazole rings is 1. The Morgan fingerprint density at radius 1 is 1.09 bits per heavy atom. The van der Waals surface area contributed by atoms with E-state index in [0.29, 0.717) is 22.3 Å². The molecule has 1 fully saturated rings. The standard InChI is InChI=1S/C33H32ClN9O4/c1-17-20(7-6-10-24(17)35-30(44)23-16-41(2)33(46)42(3)32(23)45)21-8-5-9-22(28(21)34)25-13-18-11-12-26(27(18)31(36-25)47-4)43-14-19(15-43)29-37-39-40-38-29/h5-10,13,16,19,26H,11-12,14-15H2,1-4H3,(H,35,44)(H,37,38,39,40)/t26-/m1/s1. The zero-order valence-corrected chi connectivity index (χ0v) is 27.0. The highest BCUT2D eigenvalue weighted by molar-refractivity contribution is 6.36. The molecule has 14 heteroatoms. The molecule has 0 bridgehead atoms. The number of anilines is 1. The van der Waals surface area contributed by atoms with Gasteiger partial charge >= 0.3 is 5.69 Å². The fraction of sp³-hybridized carbons (Fsp3) is 0.303. The molecule has 0 spiro atoms. The smallest absolute Gasteiger partial charge is 0.330 e. The monoisotopic (exact) mass is 653 g/mol. The zero-order valence-electron chi connectivity index (χ0n) is 26.2. The number of rotatable bonds is 7. The summed E-state index contributed by atoms with van der Waals surface area (Å²) in [5, 5.41) is 17.9. The summed E-state index contributed by atoms with van der Waals surface area (Å²) in [6.07, 6.45) is 3.11. The quantitative estimate of drug-likeness (QED) is 0.268. The molecule has 1 saturated heterocycles. The van der Waals surface area contributed by atoms with Gasteiger partial charge in [0, 0.05) is 67.7 Å². The minimum absolute atomic E-state index is 0.140. The number of methoxy groups -OCH3 is 1. The van der Waals surface area contributed by atoms with Crippen LogP contribution in [0.3, 0.4) is 0 Å². The molecule has 5 aromatic rings. The van der Waals surface area contributed by atoms with E-state index in [-0.39, 0.29) is 17.5 Å². The van der Waals surface area contributed by atoms with Crippen molar-refractivity contribution in [3.63, 3.8) is 0 Å². The van der Waals surface area contributed by atoms with Gasteiger partial charge in [0.25, 0.3) is 11.5 Å². The molecule has 3 aromatic heterocycles. The SMILES string of the molecule is COc1nc(-c2cccc(-c3cccc(NC(=O)c4cn(C)c(=O)n(C)c4=O)c3C)c2Cl)cc2c1[C@H](N1CC(c3nn[nH]n3)C1)CC2. The first-order chi connectivity index (χ1) is 22.7. The minimum atomic E-state index is -0.670. The van der Waals surface area contributed by atoms with Crippen LogP contribution < -0.4 is 21.3 Å². The second-order valence-electron chi connectivity index (χ2n) is 12.0. The van der Waals surface area contributed by atoms with E-state index in [4.69, 9.17) is 21.3 Å². The molecule has 0 unspecified atom stereocenters. The maximum atomic E-state index is 13.2. The van der Waals surface area contributed by atoms with Crippen LogP contribution in [0.1, 0.15) is 51.3 Å². The molecule has 240 valence electrons. The highest BCUT2D eigenvalue weighted by atomic mass is 35.5. The van der Waals surface area contributed by atoms with Crippen molar-refractivity contribution < 1.29 is 9.53 Å². The summed E-state index contributed by atoms with van der Waals surface area (Å²) in [5.41, 5.74) is 5.31. The molecule has 1 atom stereocenters. The number of aromatic nitrogens is 7.